The van der Waals surface area contributed by atoms with Crippen molar-refractivity contribution in [3.8, 4) is 11.1 Å². The minimum Gasteiger partial charge on any atom is -0.105 e. The molecule has 0 radical (unpaired) electrons. The molecule has 0 saturated heterocycles. The molecule has 1 atom stereocenters. The monoisotopic (exact) mass is 382 g/mol. The number of benzene rings is 2. The lowest BCUT2D eigenvalue weighted by Crippen LogP contribution is -2.18. The first-order chi connectivity index (χ1) is 12.4. The molecule has 0 bridgehead atoms. The maximum atomic E-state index is 3.05. The highest BCUT2D eigenvalue weighted by Crippen LogP contribution is 2.40. The summed E-state index contributed by atoms with van der Waals surface area (Å²) in [5.41, 5.74) is 10.3. The quantitative estimate of drug-likeness (QED) is 0.473. The average Bonchev–Trinajstić information content (AvgIpc) is 2.54. The Bertz CT molecular complexity index is 788. The summed E-state index contributed by atoms with van der Waals surface area (Å²) in [4.78, 5) is 0. The van der Waals surface area contributed by atoms with Crippen LogP contribution in [0.3, 0.4) is 0 Å². The summed E-state index contributed by atoms with van der Waals surface area (Å²) < 4.78 is 0. The molecule has 148 valence electrons. The van der Waals surface area contributed by atoms with Crippen LogP contribution in [0.5, 0.6) is 0 Å². The van der Waals surface area contributed by atoms with E-state index < -0.39 is 0 Å². The van der Waals surface area contributed by atoms with Crippen LogP contribution < -0.4 is 5.30 Å². The summed E-state index contributed by atoms with van der Waals surface area (Å²) in [5.74, 6) is 1.56. The molecule has 0 nitrogen and oxygen atoms in total. The third kappa shape index (κ3) is 4.48. The Kier molecular flexibility index (Phi) is 6.63. The average molecular weight is 383 g/mol. The minimum absolute atomic E-state index is 0.164. The summed E-state index contributed by atoms with van der Waals surface area (Å²) in [6.45, 7) is 23.1. The van der Waals surface area contributed by atoms with Gasteiger partial charge in [0.05, 0.1) is 0 Å². The topological polar surface area (TPSA) is 0 Å². The zero-order valence-corrected chi connectivity index (χ0v) is 20.3. The molecule has 2 aromatic rings. The van der Waals surface area contributed by atoms with E-state index in [4.69, 9.17) is 0 Å². The summed E-state index contributed by atoms with van der Waals surface area (Å²) in [6.07, 6.45) is 0. The highest BCUT2D eigenvalue weighted by atomic mass is 31.0. The SMILES string of the molecule is Cc1c(C(C)(C)C)ccc(-c2c(C(C)C)cc(C(C)C)cc2C(C)C)c1P. The predicted molar refractivity (Wildman–Crippen MR) is 127 cm³/mol. The van der Waals surface area contributed by atoms with E-state index in [1.54, 1.807) is 0 Å². The first-order valence-corrected chi connectivity index (χ1v) is 11.0. The molecule has 0 spiro atoms. The van der Waals surface area contributed by atoms with Gasteiger partial charge >= 0.3 is 0 Å². The number of rotatable bonds is 4. The second kappa shape index (κ2) is 8.08. The standard InChI is InChI=1S/C26H39P/c1-15(2)19-13-21(16(3)4)24(22(14-19)17(5)6)20-11-12-23(26(8,9)10)18(7)25(20)27/h11-17H,27H2,1-10H3. The van der Waals surface area contributed by atoms with Crippen LogP contribution in [-0.2, 0) is 5.41 Å². The fraction of sp³-hybridized carbons (Fsp3) is 0.538. The third-order valence-electron chi connectivity index (χ3n) is 5.72. The molecule has 2 aromatic carbocycles. The van der Waals surface area contributed by atoms with Gasteiger partial charge in [-0.25, -0.2) is 0 Å². The van der Waals surface area contributed by atoms with Crippen LogP contribution in [0.1, 0.15) is 108 Å². The molecule has 1 unspecified atom stereocenters. The van der Waals surface area contributed by atoms with E-state index in [-0.39, 0.29) is 5.41 Å². The molecule has 0 aliphatic heterocycles. The Morgan fingerprint density at radius 3 is 1.63 bits per heavy atom. The molecule has 1 heteroatoms. The molecular formula is C26H39P. The van der Waals surface area contributed by atoms with Crippen molar-refractivity contribution in [2.75, 3.05) is 0 Å². The number of hydrogen-bond donors (Lipinski definition) is 0. The first-order valence-electron chi connectivity index (χ1n) is 10.4. The molecule has 0 aliphatic rings. The second-order valence-corrected chi connectivity index (χ2v) is 10.6. The highest BCUT2D eigenvalue weighted by molar-refractivity contribution is 7.28. The van der Waals surface area contributed by atoms with E-state index in [1.807, 2.05) is 0 Å². The van der Waals surface area contributed by atoms with E-state index in [2.05, 4.69) is 103 Å². The predicted octanol–water partition coefficient (Wildman–Crippen LogP) is 7.83. The molecule has 27 heavy (non-hydrogen) atoms. The molecule has 0 saturated carbocycles. The van der Waals surface area contributed by atoms with E-state index in [1.165, 1.54) is 44.2 Å². The lowest BCUT2D eigenvalue weighted by Gasteiger charge is -2.27. The fourth-order valence-corrected chi connectivity index (χ4v) is 4.42. The number of hydrogen-bond acceptors (Lipinski definition) is 0. The fourth-order valence-electron chi connectivity index (χ4n) is 4.03. The van der Waals surface area contributed by atoms with Gasteiger partial charge in [-0.05, 0) is 74.3 Å². The summed E-state index contributed by atoms with van der Waals surface area (Å²) >= 11 is 0. The van der Waals surface area contributed by atoms with Gasteiger partial charge in [0, 0.05) is 0 Å². The maximum Gasteiger partial charge on any atom is -0.0104 e. The molecule has 0 heterocycles. The summed E-state index contributed by atoms with van der Waals surface area (Å²) in [6, 6.07) is 9.61. The van der Waals surface area contributed by atoms with E-state index in [0.29, 0.717) is 17.8 Å². The van der Waals surface area contributed by atoms with Gasteiger partial charge in [-0.15, -0.1) is 9.24 Å². The minimum atomic E-state index is 0.164. The van der Waals surface area contributed by atoms with E-state index in [0.717, 1.165) is 0 Å². The normalized spacial score (nSPS) is 12.5. The molecule has 0 amide bonds. The molecule has 0 N–H and O–H groups in total. The van der Waals surface area contributed by atoms with Crippen LogP contribution in [0.25, 0.3) is 11.1 Å². The first kappa shape index (κ1) is 22.2. The van der Waals surface area contributed by atoms with Gasteiger partial charge in [0.25, 0.3) is 0 Å². The van der Waals surface area contributed by atoms with Crippen LogP contribution >= 0.6 is 9.24 Å². The third-order valence-corrected chi connectivity index (χ3v) is 6.47. The van der Waals surface area contributed by atoms with Gasteiger partial charge in [-0.3, -0.25) is 0 Å². The van der Waals surface area contributed by atoms with Crippen molar-refractivity contribution in [1.82, 2.24) is 0 Å². The van der Waals surface area contributed by atoms with E-state index in [9.17, 15) is 0 Å². The lowest BCUT2D eigenvalue weighted by molar-refractivity contribution is 0.587. The second-order valence-electron chi connectivity index (χ2n) is 9.99. The lowest BCUT2D eigenvalue weighted by atomic mass is 9.79. The van der Waals surface area contributed by atoms with Gasteiger partial charge in [0.2, 0.25) is 0 Å². The van der Waals surface area contributed by atoms with Crippen LogP contribution in [0, 0.1) is 6.92 Å². The Hall–Kier alpha value is -1.13. The molecule has 2 rings (SSSR count). The largest absolute Gasteiger partial charge is 0.105 e. The Balaban J connectivity index is 2.87. The molecule has 0 aliphatic carbocycles. The Labute approximate surface area is 170 Å². The summed E-state index contributed by atoms with van der Waals surface area (Å²) in [7, 11) is 3.05. The van der Waals surface area contributed by atoms with Crippen molar-refractivity contribution in [2.45, 2.75) is 92.4 Å². The van der Waals surface area contributed by atoms with Gasteiger partial charge in [0.1, 0.15) is 0 Å². The molecule has 0 aromatic heterocycles. The Morgan fingerprint density at radius 2 is 1.26 bits per heavy atom. The van der Waals surface area contributed by atoms with E-state index >= 15 is 0 Å². The van der Waals surface area contributed by atoms with Crippen molar-refractivity contribution in [1.29, 1.82) is 0 Å². The molecular weight excluding hydrogens is 343 g/mol. The van der Waals surface area contributed by atoms with Crippen LogP contribution in [0.2, 0.25) is 0 Å². The summed E-state index contributed by atoms with van der Waals surface area (Å²) in [5, 5.41) is 1.35. The van der Waals surface area contributed by atoms with Crippen molar-refractivity contribution >= 4 is 14.5 Å². The van der Waals surface area contributed by atoms with Gasteiger partial charge < -0.3 is 0 Å². The molecule has 0 fully saturated rings. The zero-order chi connectivity index (χ0) is 20.7. The van der Waals surface area contributed by atoms with Crippen LogP contribution in [0.4, 0.5) is 0 Å². The smallest absolute Gasteiger partial charge is 0.0104 e. The zero-order valence-electron chi connectivity index (χ0n) is 19.1. The van der Waals surface area contributed by atoms with Crippen LogP contribution in [0.15, 0.2) is 24.3 Å². The van der Waals surface area contributed by atoms with Gasteiger partial charge in [-0.1, -0.05) is 86.6 Å². The van der Waals surface area contributed by atoms with Crippen molar-refractivity contribution in [2.24, 2.45) is 0 Å². The van der Waals surface area contributed by atoms with Crippen molar-refractivity contribution in [3.63, 3.8) is 0 Å². The van der Waals surface area contributed by atoms with Crippen molar-refractivity contribution < 1.29 is 0 Å². The van der Waals surface area contributed by atoms with Gasteiger partial charge in [-0.2, -0.15) is 0 Å². The Morgan fingerprint density at radius 1 is 0.778 bits per heavy atom. The maximum absolute atomic E-state index is 3.05. The van der Waals surface area contributed by atoms with Crippen molar-refractivity contribution in [3.05, 3.63) is 52.1 Å². The van der Waals surface area contributed by atoms with Crippen LogP contribution in [-0.4, -0.2) is 0 Å². The highest BCUT2D eigenvalue weighted by Gasteiger charge is 2.23. The van der Waals surface area contributed by atoms with Gasteiger partial charge in [0.15, 0.2) is 0 Å².